The molecule has 1 heterocycles. The van der Waals surface area contributed by atoms with Crippen molar-refractivity contribution in [2.75, 3.05) is 0 Å². The van der Waals surface area contributed by atoms with Crippen molar-refractivity contribution in [3.63, 3.8) is 0 Å². The minimum absolute atomic E-state index is 0.0381. The molecule has 0 spiro atoms. The number of nitrogens with two attached hydrogens (primary N) is 1. The zero-order valence-corrected chi connectivity index (χ0v) is 8.27. The minimum atomic E-state index is 0.0381. The van der Waals surface area contributed by atoms with E-state index in [4.69, 9.17) is 5.73 Å². The fourth-order valence-electron chi connectivity index (χ4n) is 1.16. The van der Waals surface area contributed by atoms with Gasteiger partial charge >= 0.3 is 0 Å². The molecule has 1 aromatic rings. The van der Waals surface area contributed by atoms with Crippen molar-refractivity contribution >= 4 is 0 Å². The molecule has 0 saturated heterocycles. The first-order valence-electron chi connectivity index (χ1n) is 4.71. The van der Waals surface area contributed by atoms with Crippen LogP contribution in [0.1, 0.15) is 38.4 Å². The van der Waals surface area contributed by atoms with E-state index in [-0.39, 0.29) is 6.04 Å². The Morgan fingerprint density at radius 2 is 2.08 bits per heavy atom. The van der Waals surface area contributed by atoms with Gasteiger partial charge in [-0.25, -0.2) is 0 Å². The van der Waals surface area contributed by atoms with Gasteiger partial charge in [0.15, 0.2) is 0 Å². The third-order valence-corrected chi connectivity index (χ3v) is 2.02. The Morgan fingerprint density at radius 3 is 2.62 bits per heavy atom. The quantitative estimate of drug-likeness (QED) is 0.768. The SMILES string of the molecule is CC(C)CCC(N)c1cnccn1. The fraction of sp³-hybridized carbons (Fsp3) is 0.600. The van der Waals surface area contributed by atoms with Crippen molar-refractivity contribution < 1.29 is 0 Å². The second-order valence-electron chi connectivity index (χ2n) is 3.71. The van der Waals surface area contributed by atoms with Crippen LogP contribution in [0.2, 0.25) is 0 Å². The van der Waals surface area contributed by atoms with Crippen molar-refractivity contribution in [3.8, 4) is 0 Å². The van der Waals surface area contributed by atoms with Crippen molar-refractivity contribution in [1.82, 2.24) is 9.97 Å². The lowest BCUT2D eigenvalue weighted by Gasteiger charge is -2.11. The third-order valence-electron chi connectivity index (χ3n) is 2.02. The van der Waals surface area contributed by atoms with Gasteiger partial charge < -0.3 is 5.73 Å². The highest BCUT2D eigenvalue weighted by molar-refractivity contribution is 5.00. The van der Waals surface area contributed by atoms with E-state index in [1.165, 1.54) is 0 Å². The van der Waals surface area contributed by atoms with Crippen LogP contribution in [0, 0.1) is 5.92 Å². The first-order valence-corrected chi connectivity index (χ1v) is 4.71. The molecule has 13 heavy (non-hydrogen) atoms. The Morgan fingerprint density at radius 1 is 1.31 bits per heavy atom. The molecule has 0 aromatic carbocycles. The van der Waals surface area contributed by atoms with Crippen LogP contribution in [0.4, 0.5) is 0 Å². The first kappa shape index (κ1) is 10.1. The summed E-state index contributed by atoms with van der Waals surface area (Å²) < 4.78 is 0. The van der Waals surface area contributed by atoms with Gasteiger partial charge in [-0.1, -0.05) is 13.8 Å². The van der Waals surface area contributed by atoms with E-state index >= 15 is 0 Å². The molecular formula is C10H17N3. The molecule has 0 bridgehead atoms. The van der Waals surface area contributed by atoms with Crippen LogP contribution in [-0.2, 0) is 0 Å². The maximum Gasteiger partial charge on any atom is 0.0753 e. The summed E-state index contributed by atoms with van der Waals surface area (Å²) in [6, 6.07) is 0.0381. The highest BCUT2D eigenvalue weighted by atomic mass is 14.8. The molecule has 72 valence electrons. The monoisotopic (exact) mass is 179 g/mol. The van der Waals surface area contributed by atoms with Crippen LogP contribution < -0.4 is 5.73 Å². The van der Waals surface area contributed by atoms with E-state index < -0.39 is 0 Å². The van der Waals surface area contributed by atoms with Crippen molar-refractivity contribution in [2.45, 2.75) is 32.7 Å². The molecule has 0 aliphatic carbocycles. The zero-order chi connectivity index (χ0) is 9.68. The smallest absolute Gasteiger partial charge is 0.0753 e. The number of nitrogens with zero attached hydrogens (tertiary/aromatic N) is 2. The highest BCUT2D eigenvalue weighted by Gasteiger charge is 2.07. The van der Waals surface area contributed by atoms with Gasteiger partial charge in [-0.15, -0.1) is 0 Å². The molecule has 0 aliphatic rings. The molecule has 0 radical (unpaired) electrons. The molecule has 0 fully saturated rings. The highest BCUT2D eigenvalue weighted by Crippen LogP contribution is 2.15. The topological polar surface area (TPSA) is 51.8 Å². The number of aromatic nitrogens is 2. The molecule has 0 saturated carbocycles. The largest absolute Gasteiger partial charge is 0.323 e. The minimum Gasteiger partial charge on any atom is -0.323 e. The molecular weight excluding hydrogens is 162 g/mol. The van der Waals surface area contributed by atoms with Gasteiger partial charge in [-0.05, 0) is 18.8 Å². The van der Waals surface area contributed by atoms with E-state index in [0.717, 1.165) is 18.5 Å². The van der Waals surface area contributed by atoms with Gasteiger partial charge in [-0.3, -0.25) is 9.97 Å². The summed E-state index contributed by atoms with van der Waals surface area (Å²) in [7, 11) is 0. The molecule has 1 unspecified atom stereocenters. The summed E-state index contributed by atoms with van der Waals surface area (Å²) in [5.41, 5.74) is 6.83. The molecule has 1 atom stereocenters. The molecule has 0 amide bonds. The normalized spacial score (nSPS) is 13.2. The lowest BCUT2D eigenvalue weighted by molar-refractivity contribution is 0.500. The van der Waals surface area contributed by atoms with Crippen molar-refractivity contribution in [1.29, 1.82) is 0 Å². The van der Waals surface area contributed by atoms with E-state index in [1.807, 2.05) is 0 Å². The van der Waals surface area contributed by atoms with Gasteiger partial charge in [-0.2, -0.15) is 0 Å². The van der Waals surface area contributed by atoms with Crippen LogP contribution >= 0.6 is 0 Å². The Labute approximate surface area is 79.4 Å². The lowest BCUT2D eigenvalue weighted by Crippen LogP contribution is -2.12. The van der Waals surface area contributed by atoms with Gasteiger partial charge in [0.1, 0.15) is 0 Å². The summed E-state index contributed by atoms with van der Waals surface area (Å²) >= 11 is 0. The zero-order valence-electron chi connectivity index (χ0n) is 8.27. The van der Waals surface area contributed by atoms with Crippen LogP contribution in [-0.4, -0.2) is 9.97 Å². The number of hydrogen-bond donors (Lipinski definition) is 1. The Hall–Kier alpha value is -0.960. The summed E-state index contributed by atoms with van der Waals surface area (Å²) in [6.45, 7) is 4.40. The molecule has 2 N–H and O–H groups in total. The van der Waals surface area contributed by atoms with Crippen LogP contribution in [0.3, 0.4) is 0 Å². The molecule has 3 nitrogen and oxygen atoms in total. The van der Waals surface area contributed by atoms with Gasteiger partial charge in [0.05, 0.1) is 5.69 Å². The summed E-state index contributed by atoms with van der Waals surface area (Å²) in [4.78, 5) is 8.16. The summed E-state index contributed by atoms with van der Waals surface area (Å²) in [5, 5.41) is 0. The van der Waals surface area contributed by atoms with Gasteiger partial charge in [0, 0.05) is 24.6 Å². The van der Waals surface area contributed by atoms with E-state index in [2.05, 4.69) is 23.8 Å². The maximum atomic E-state index is 5.94. The second-order valence-corrected chi connectivity index (χ2v) is 3.71. The number of hydrogen-bond acceptors (Lipinski definition) is 3. The predicted molar refractivity (Wildman–Crippen MR) is 53.0 cm³/mol. The molecule has 1 rings (SSSR count). The first-order chi connectivity index (χ1) is 6.20. The van der Waals surface area contributed by atoms with E-state index in [0.29, 0.717) is 5.92 Å². The predicted octanol–water partition coefficient (Wildman–Crippen LogP) is 1.91. The summed E-state index contributed by atoms with van der Waals surface area (Å²) in [6.07, 6.45) is 7.21. The third kappa shape index (κ3) is 3.51. The lowest BCUT2D eigenvalue weighted by atomic mass is 10.0. The average Bonchev–Trinajstić information content (AvgIpc) is 2.15. The van der Waals surface area contributed by atoms with Crippen LogP contribution in [0.5, 0.6) is 0 Å². The van der Waals surface area contributed by atoms with Gasteiger partial charge in [0.2, 0.25) is 0 Å². The number of rotatable bonds is 4. The fourth-order valence-corrected chi connectivity index (χ4v) is 1.16. The van der Waals surface area contributed by atoms with E-state index in [1.54, 1.807) is 18.6 Å². The van der Waals surface area contributed by atoms with Crippen LogP contribution in [0.15, 0.2) is 18.6 Å². The molecule has 1 aromatic heterocycles. The maximum absolute atomic E-state index is 5.94. The summed E-state index contributed by atoms with van der Waals surface area (Å²) in [5.74, 6) is 0.697. The molecule has 3 heteroatoms. The van der Waals surface area contributed by atoms with Crippen molar-refractivity contribution in [3.05, 3.63) is 24.3 Å². The average molecular weight is 179 g/mol. The van der Waals surface area contributed by atoms with Crippen molar-refractivity contribution in [2.24, 2.45) is 11.7 Å². The van der Waals surface area contributed by atoms with E-state index in [9.17, 15) is 0 Å². The Bertz CT molecular complexity index is 233. The van der Waals surface area contributed by atoms with Crippen LogP contribution in [0.25, 0.3) is 0 Å². The standard InChI is InChI=1S/C10H17N3/c1-8(2)3-4-9(11)10-7-12-5-6-13-10/h5-9H,3-4,11H2,1-2H3. The Kier molecular flexibility index (Phi) is 3.83. The second kappa shape index (κ2) is 4.92. The van der Waals surface area contributed by atoms with Gasteiger partial charge in [0.25, 0.3) is 0 Å². The Balaban J connectivity index is 2.44. The molecule has 0 aliphatic heterocycles.